The Morgan fingerprint density at radius 2 is 1.74 bits per heavy atom. The van der Waals surface area contributed by atoms with Crippen LogP contribution in [0.3, 0.4) is 0 Å². The van der Waals surface area contributed by atoms with Gasteiger partial charge in [-0.15, -0.1) is 0 Å². The summed E-state index contributed by atoms with van der Waals surface area (Å²) in [7, 11) is 0. The minimum absolute atomic E-state index is 0.230. The van der Waals surface area contributed by atoms with Gasteiger partial charge in [0.05, 0.1) is 0 Å². The third-order valence-corrected chi connectivity index (χ3v) is 7.24. The zero-order chi connectivity index (χ0) is 27.9. The molecule has 0 saturated carbocycles. The molecule has 4 N–H and O–H groups in total. The molecule has 0 spiro atoms. The van der Waals surface area contributed by atoms with Gasteiger partial charge in [0, 0.05) is 19.4 Å². The van der Waals surface area contributed by atoms with E-state index in [0.29, 0.717) is 45.1 Å². The number of ketones is 1. The third-order valence-electron chi connectivity index (χ3n) is 7.24. The summed E-state index contributed by atoms with van der Waals surface area (Å²) in [6.45, 7) is 4.96. The van der Waals surface area contributed by atoms with Gasteiger partial charge in [0.15, 0.2) is 5.78 Å². The van der Waals surface area contributed by atoms with Gasteiger partial charge < -0.3 is 26.0 Å². The molecule has 4 amide bonds. The van der Waals surface area contributed by atoms with Crippen LogP contribution in [0.25, 0.3) is 0 Å². The van der Waals surface area contributed by atoms with E-state index in [4.69, 9.17) is 0 Å². The summed E-state index contributed by atoms with van der Waals surface area (Å²) >= 11 is 0. The Kier molecular flexibility index (Phi) is 10.0. The molecule has 2 aliphatic rings. The van der Waals surface area contributed by atoms with Gasteiger partial charge in [-0.2, -0.15) is 0 Å². The Bertz CT molecular complexity index is 1030. The molecule has 0 unspecified atom stereocenters. The fourth-order valence-electron chi connectivity index (χ4n) is 4.91. The highest BCUT2D eigenvalue weighted by molar-refractivity contribution is 5.99. The quantitative estimate of drug-likeness (QED) is 0.352. The van der Waals surface area contributed by atoms with Crippen molar-refractivity contribution in [2.45, 2.75) is 102 Å². The molecule has 2 saturated heterocycles. The SMILES string of the molecule is C[C@@H](O)C(=O)CCCCC[C@@H]1NC(=O)[C@H]2CCCN2C(=O)[C@@H](Cc2ccccc2)NC(=O)C(C)(C)NC1=O. The van der Waals surface area contributed by atoms with E-state index in [1.165, 1.54) is 11.8 Å². The normalized spacial score (nSPS) is 24.8. The number of nitrogens with one attached hydrogen (secondary N) is 3. The van der Waals surface area contributed by atoms with E-state index in [2.05, 4.69) is 16.0 Å². The number of aliphatic hydroxyl groups excluding tert-OH is 1. The Hall–Kier alpha value is -3.27. The molecule has 0 radical (unpaired) electrons. The van der Waals surface area contributed by atoms with E-state index in [9.17, 15) is 29.1 Å². The topological polar surface area (TPSA) is 145 Å². The lowest BCUT2D eigenvalue weighted by Crippen LogP contribution is -2.64. The molecule has 10 heteroatoms. The van der Waals surface area contributed by atoms with Crippen molar-refractivity contribution in [1.29, 1.82) is 0 Å². The van der Waals surface area contributed by atoms with E-state index in [1.54, 1.807) is 13.8 Å². The molecule has 4 atom stereocenters. The second-order valence-electron chi connectivity index (χ2n) is 10.8. The van der Waals surface area contributed by atoms with Gasteiger partial charge in [0.1, 0.15) is 29.8 Å². The molecule has 2 heterocycles. The number of benzene rings is 1. The molecule has 2 fully saturated rings. The minimum atomic E-state index is -1.33. The molecule has 38 heavy (non-hydrogen) atoms. The Morgan fingerprint density at radius 1 is 1.03 bits per heavy atom. The van der Waals surface area contributed by atoms with E-state index in [0.717, 1.165) is 5.56 Å². The number of hydrogen-bond acceptors (Lipinski definition) is 6. The largest absolute Gasteiger partial charge is 0.386 e. The fourth-order valence-corrected chi connectivity index (χ4v) is 4.91. The van der Waals surface area contributed by atoms with Crippen LogP contribution in [-0.4, -0.2) is 75.7 Å². The van der Waals surface area contributed by atoms with Gasteiger partial charge in [-0.1, -0.05) is 43.2 Å². The summed E-state index contributed by atoms with van der Waals surface area (Å²) in [5.74, 6) is -1.90. The van der Waals surface area contributed by atoms with Gasteiger partial charge in [0.2, 0.25) is 23.6 Å². The number of amides is 4. The highest BCUT2D eigenvalue weighted by atomic mass is 16.3. The highest BCUT2D eigenvalue weighted by Crippen LogP contribution is 2.21. The van der Waals surface area contributed by atoms with Crippen LogP contribution in [-0.2, 0) is 30.4 Å². The monoisotopic (exact) mass is 528 g/mol. The van der Waals surface area contributed by atoms with Crippen LogP contribution < -0.4 is 16.0 Å². The van der Waals surface area contributed by atoms with Crippen molar-refractivity contribution in [1.82, 2.24) is 20.9 Å². The highest BCUT2D eigenvalue weighted by Gasteiger charge is 2.42. The first kappa shape index (κ1) is 29.3. The number of aliphatic hydroxyl groups is 1. The van der Waals surface area contributed by atoms with E-state index >= 15 is 0 Å². The number of fused-ring (bicyclic) bond motifs is 1. The van der Waals surface area contributed by atoms with Crippen molar-refractivity contribution in [2.24, 2.45) is 0 Å². The number of nitrogens with zero attached hydrogens (tertiary/aromatic N) is 1. The van der Waals surface area contributed by atoms with Crippen LogP contribution in [0, 0.1) is 0 Å². The number of unbranched alkanes of at least 4 members (excludes halogenated alkanes) is 2. The molecule has 10 nitrogen and oxygen atoms in total. The predicted octanol–water partition coefficient (Wildman–Crippen LogP) is 0.999. The molecule has 0 bridgehead atoms. The van der Waals surface area contributed by atoms with Crippen molar-refractivity contribution < 1.29 is 29.1 Å². The number of rotatable bonds is 9. The molecule has 208 valence electrons. The number of carbonyl (C=O) groups is 5. The third kappa shape index (κ3) is 7.63. The molecule has 1 aromatic carbocycles. The molecule has 0 aliphatic carbocycles. The lowest BCUT2D eigenvalue weighted by atomic mass is 9.98. The van der Waals surface area contributed by atoms with Crippen molar-refractivity contribution in [3.63, 3.8) is 0 Å². The summed E-state index contributed by atoms with van der Waals surface area (Å²) in [5, 5.41) is 17.8. The van der Waals surface area contributed by atoms with Gasteiger partial charge in [-0.05, 0) is 52.0 Å². The van der Waals surface area contributed by atoms with E-state index in [-0.39, 0.29) is 30.4 Å². The first-order valence-electron chi connectivity index (χ1n) is 13.5. The Balaban J connectivity index is 1.78. The maximum Gasteiger partial charge on any atom is 0.246 e. The molecule has 3 rings (SSSR count). The Morgan fingerprint density at radius 3 is 2.42 bits per heavy atom. The summed E-state index contributed by atoms with van der Waals surface area (Å²) in [6, 6.07) is 6.85. The first-order valence-corrected chi connectivity index (χ1v) is 13.5. The smallest absolute Gasteiger partial charge is 0.246 e. The molecule has 0 aromatic heterocycles. The van der Waals surface area contributed by atoms with Gasteiger partial charge >= 0.3 is 0 Å². The second-order valence-corrected chi connectivity index (χ2v) is 10.8. The zero-order valence-corrected chi connectivity index (χ0v) is 22.5. The lowest BCUT2D eigenvalue weighted by Gasteiger charge is -2.34. The maximum atomic E-state index is 13.6. The van der Waals surface area contributed by atoms with Crippen LogP contribution in [0.2, 0.25) is 0 Å². The number of hydrogen-bond donors (Lipinski definition) is 4. The molecule has 1 aromatic rings. The van der Waals surface area contributed by atoms with Crippen LogP contribution in [0.4, 0.5) is 0 Å². The number of carbonyl (C=O) groups excluding carboxylic acids is 5. The van der Waals surface area contributed by atoms with E-state index in [1.807, 2.05) is 30.3 Å². The average molecular weight is 529 g/mol. The molecule has 2 aliphatic heterocycles. The zero-order valence-electron chi connectivity index (χ0n) is 22.5. The lowest BCUT2D eigenvalue weighted by molar-refractivity contribution is -0.144. The maximum absolute atomic E-state index is 13.6. The van der Waals surface area contributed by atoms with Crippen molar-refractivity contribution in [3.05, 3.63) is 35.9 Å². The predicted molar refractivity (Wildman–Crippen MR) is 141 cm³/mol. The molecular weight excluding hydrogens is 488 g/mol. The Labute approximate surface area is 223 Å². The average Bonchev–Trinajstić information content (AvgIpc) is 3.36. The summed E-state index contributed by atoms with van der Waals surface area (Å²) in [6.07, 6.45) is 2.72. The van der Waals surface area contributed by atoms with E-state index < -0.39 is 41.6 Å². The summed E-state index contributed by atoms with van der Waals surface area (Å²) < 4.78 is 0. The van der Waals surface area contributed by atoms with Gasteiger partial charge in [-0.25, -0.2) is 0 Å². The second kappa shape index (κ2) is 13.0. The fraction of sp³-hybridized carbons (Fsp3) is 0.607. The van der Waals surface area contributed by atoms with Crippen LogP contribution in [0.15, 0.2) is 30.3 Å². The standard InChI is InChI=1S/C28H40N4O6/c1-18(33)23(34)15-9-5-8-13-20-24(35)31-28(2,3)27(38)30-21(17-19-11-6-4-7-12-19)26(37)32-16-10-14-22(32)25(36)29-20/h4,6-7,11-12,18,20-22,33H,5,8-10,13-17H2,1-3H3,(H,29,36)(H,30,38)(H,31,35)/t18-,20+,21-,22-/m1/s1. The van der Waals surface area contributed by atoms with Gasteiger partial charge in [-0.3, -0.25) is 24.0 Å². The minimum Gasteiger partial charge on any atom is -0.386 e. The molecular formula is C28H40N4O6. The summed E-state index contributed by atoms with van der Waals surface area (Å²) in [5.41, 5.74) is -0.460. The van der Waals surface area contributed by atoms with Crippen LogP contribution in [0.5, 0.6) is 0 Å². The van der Waals surface area contributed by atoms with Crippen molar-refractivity contribution in [3.8, 4) is 0 Å². The first-order chi connectivity index (χ1) is 18.0. The summed E-state index contributed by atoms with van der Waals surface area (Å²) in [4.78, 5) is 66.7. The van der Waals surface area contributed by atoms with Crippen molar-refractivity contribution >= 4 is 29.4 Å². The van der Waals surface area contributed by atoms with Crippen LogP contribution in [0.1, 0.15) is 71.3 Å². The van der Waals surface area contributed by atoms with Crippen LogP contribution >= 0.6 is 0 Å². The number of Topliss-reactive ketones (excluding diaryl/α,β-unsaturated/α-hetero) is 1. The van der Waals surface area contributed by atoms with Crippen molar-refractivity contribution in [2.75, 3.05) is 6.54 Å². The van der Waals surface area contributed by atoms with Gasteiger partial charge in [0.25, 0.3) is 0 Å².